The second kappa shape index (κ2) is 11.7. The minimum absolute atomic E-state index is 0.0166. The van der Waals surface area contributed by atoms with E-state index in [9.17, 15) is 14.9 Å². The van der Waals surface area contributed by atoms with Crippen molar-refractivity contribution in [3.05, 3.63) is 70.0 Å². The predicted octanol–water partition coefficient (Wildman–Crippen LogP) is 5.37. The van der Waals surface area contributed by atoms with Gasteiger partial charge in [-0.3, -0.25) is 10.1 Å². The third-order valence-electron chi connectivity index (χ3n) is 5.37. The van der Waals surface area contributed by atoms with Gasteiger partial charge in [-0.15, -0.1) is 0 Å². The van der Waals surface area contributed by atoms with Gasteiger partial charge < -0.3 is 15.2 Å². The van der Waals surface area contributed by atoms with Crippen LogP contribution < -0.4 is 15.2 Å². The molecule has 0 radical (unpaired) electrons. The van der Waals surface area contributed by atoms with Crippen molar-refractivity contribution in [3.63, 3.8) is 0 Å². The second-order valence-electron chi connectivity index (χ2n) is 7.86. The second-order valence-corrected chi connectivity index (χ2v) is 7.86. The quantitative estimate of drug-likeness (QED) is 0.1000. The normalized spacial score (nSPS) is 10.6. The maximum atomic E-state index is 12.6. The van der Waals surface area contributed by atoms with E-state index in [1.165, 1.54) is 38.9 Å². The lowest BCUT2D eigenvalue weighted by Crippen LogP contribution is -2.12. The van der Waals surface area contributed by atoms with Crippen molar-refractivity contribution in [1.82, 2.24) is 9.97 Å². The maximum absolute atomic E-state index is 12.6. The summed E-state index contributed by atoms with van der Waals surface area (Å²) in [5, 5.41) is 11.2. The first kappa shape index (κ1) is 24.6. The van der Waals surface area contributed by atoms with E-state index < -0.39 is 10.9 Å². The average Bonchev–Trinajstić information content (AvgIpc) is 2.84. The number of nitrogens with zero attached hydrogens (tertiary/aromatic N) is 3. The first-order valence-corrected chi connectivity index (χ1v) is 11.2. The summed E-state index contributed by atoms with van der Waals surface area (Å²) < 4.78 is 10.3. The fourth-order valence-corrected chi connectivity index (χ4v) is 3.47. The number of nitro groups is 1. The van der Waals surface area contributed by atoms with Crippen molar-refractivity contribution >= 4 is 17.3 Å². The van der Waals surface area contributed by atoms with Gasteiger partial charge in [0.1, 0.15) is 5.75 Å². The van der Waals surface area contributed by atoms with Crippen molar-refractivity contribution in [3.8, 4) is 22.9 Å². The summed E-state index contributed by atoms with van der Waals surface area (Å²) in [5.41, 5.74) is 7.27. The highest BCUT2D eigenvalue weighted by Crippen LogP contribution is 2.32. The van der Waals surface area contributed by atoms with Crippen LogP contribution in [0.3, 0.4) is 0 Å². The van der Waals surface area contributed by atoms with Crippen LogP contribution in [0.2, 0.25) is 0 Å². The number of esters is 1. The number of hydrogen-bond acceptors (Lipinski definition) is 8. The number of ether oxygens (including phenoxy) is 2. The van der Waals surface area contributed by atoms with E-state index in [1.807, 2.05) is 12.4 Å². The molecule has 0 fully saturated rings. The number of anilines is 1. The van der Waals surface area contributed by atoms with Crippen LogP contribution in [0.25, 0.3) is 11.4 Å². The zero-order valence-corrected chi connectivity index (χ0v) is 19.3. The lowest BCUT2D eigenvalue weighted by Gasteiger charge is -2.09. The van der Waals surface area contributed by atoms with E-state index in [4.69, 9.17) is 15.2 Å². The zero-order valence-electron chi connectivity index (χ0n) is 19.3. The third-order valence-corrected chi connectivity index (χ3v) is 5.37. The molecule has 2 aromatic carbocycles. The van der Waals surface area contributed by atoms with Gasteiger partial charge >= 0.3 is 11.7 Å². The van der Waals surface area contributed by atoms with Gasteiger partial charge in [0.25, 0.3) is 0 Å². The van der Waals surface area contributed by atoms with Crippen LogP contribution in [0.1, 0.15) is 54.9 Å². The number of hydrogen-bond donors (Lipinski definition) is 1. The molecular formula is C25H28N4O5. The van der Waals surface area contributed by atoms with Crippen molar-refractivity contribution in [2.45, 2.75) is 45.4 Å². The number of methoxy groups -OCH3 is 1. The highest BCUT2D eigenvalue weighted by molar-refractivity contribution is 5.97. The van der Waals surface area contributed by atoms with E-state index in [-0.39, 0.29) is 28.4 Å². The number of aromatic nitrogens is 2. The molecule has 0 atom stereocenters. The molecule has 0 amide bonds. The molecule has 2 N–H and O–H groups in total. The monoisotopic (exact) mass is 464 g/mol. The molecule has 0 bridgehead atoms. The van der Waals surface area contributed by atoms with E-state index >= 15 is 0 Å². The summed E-state index contributed by atoms with van der Waals surface area (Å²) in [4.78, 5) is 32.0. The van der Waals surface area contributed by atoms with Crippen molar-refractivity contribution in [1.29, 1.82) is 0 Å². The Balaban J connectivity index is 1.64. The number of rotatable bonds is 11. The van der Waals surface area contributed by atoms with Gasteiger partial charge in [0.05, 0.1) is 23.3 Å². The van der Waals surface area contributed by atoms with Gasteiger partial charge in [0.15, 0.2) is 11.6 Å². The third kappa shape index (κ3) is 6.28. The number of benzene rings is 2. The molecule has 0 saturated heterocycles. The lowest BCUT2D eigenvalue weighted by atomic mass is 10.1. The summed E-state index contributed by atoms with van der Waals surface area (Å²) in [6, 6.07) is 8.96. The van der Waals surface area contributed by atoms with Gasteiger partial charge in [0.2, 0.25) is 0 Å². The molecule has 3 rings (SSSR count). The fourth-order valence-electron chi connectivity index (χ4n) is 3.47. The van der Waals surface area contributed by atoms with Gasteiger partial charge in [-0.1, -0.05) is 32.6 Å². The van der Waals surface area contributed by atoms with Gasteiger partial charge in [-0.25, -0.2) is 14.8 Å². The molecule has 1 heterocycles. The molecule has 0 spiro atoms. The molecule has 9 nitrogen and oxygen atoms in total. The first-order chi connectivity index (χ1) is 16.4. The summed E-state index contributed by atoms with van der Waals surface area (Å²) in [5.74, 6) is -0.0144. The van der Waals surface area contributed by atoms with E-state index in [0.29, 0.717) is 5.82 Å². The Labute approximate surface area is 198 Å². The molecule has 178 valence electrons. The van der Waals surface area contributed by atoms with Crippen molar-refractivity contribution in [2.75, 3.05) is 12.8 Å². The average molecular weight is 465 g/mol. The Morgan fingerprint density at radius 3 is 2.35 bits per heavy atom. The van der Waals surface area contributed by atoms with E-state index in [1.54, 1.807) is 24.3 Å². The Bertz CT molecular complexity index is 1130. The number of nitrogens with two attached hydrogens (primary N) is 1. The number of unbranched alkanes of at least 4 members (excludes halogenated alkanes) is 4. The Kier molecular flexibility index (Phi) is 8.50. The topological polar surface area (TPSA) is 130 Å². The lowest BCUT2D eigenvalue weighted by molar-refractivity contribution is -0.385. The van der Waals surface area contributed by atoms with Crippen LogP contribution in [-0.2, 0) is 6.42 Å². The summed E-state index contributed by atoms with van der Waals surface area (Å²) in [6.07, 6.45) is 10.8. The molecule has 0 unspecified atom stereocenters. The molecule has 9 heteroatoms. The molecule has 0 aliphatic rings. The largest absolute Gasteiger partial charge is 0.490 e. The summed E-state index contributed by atoms with van der Waals surface area (Å²) in [7, 11) is 1.28. The molecule has 34 heavy (non-hydrogen) atoms. The Morgan fingerprint density at radius 1 is 1.06 bits per heavy atom. The Morgan fingerprint density at radius 2 is 1.74 bits per heavy atom. The SMILES string of the molecule is CCCCCCCc1cnc(-c2ccc(OC(=O)c3cc([N+](=O)[O-])c(OC)cc3N)cc2)nc1. The molecular weight excluding hydrogens is 436 g/mol. The van der Waals surface area contributed by atoms with Crippen LogP contribution in [0.15, 0.2) is 48.8 Å². The molecule has 0 aliphatic carbocycles. The highest BCUT2D eigenvalue weighted by atomic mass is 16.6. The number of carbonyl (C=O) groups is 1. The van der Waals surface area contributed by atoms with Crippen molar-refractivity contribution in [2.24, 2.45) is 0 Å². The predicted molar refractivity (Wildman–Crippen MR) is 129 cm³/mol. The van der Waals surface area contributed by atoms with Crippen LogP contribution in [0.4, 0.5) is 11.4 Å². The van der Waals surface area contributed by atoms with Gasteiger partial charge in [0, 0.05) is 30.1 Å². The van der Waals surface area contributed by atoms with Crippen LogP contribution in [-0.4, -0.2) is 28.0 Å². The zero-order chi connectivity index (χ0) is 24.5. The summed E-state index contributed by atoms with van der Waals surface area (Å²) in [6.45, 7) is 2.20. The standard InChI is InChI=1S/C25H28N4O5/c1-3-4-5-6-7-8-17-15-27-24(28-16-17)18-9-11-19(12-10-18)34-25(30)20-13-22(29(31)32)23(33-2)14-21(20)26/h9-16H,3-8,26H2,1-2H3. The van der Waals surface area contributed by atoms with Gasteiger partial charge in [-0.2, -0.15) is 0 Å². The van der Waals surface area contributed by atoms with Crippen molar-refractivity contribution < 1.29 is 19.2 Å². The number of nitrogen functional groups attached to an aromatic ring is 1. The molecule has 3 aromatic rings. The van der Waals surface area contributed by atoms with Crippen LogP contribution in [0.5, 0.6) is 11.5 Å². The number of aryl methyl sites for hydroxylation is 1. The van der Waals surface area contributed by atoms with Crippen LogP contribution in [0, 0.1) is 10.1 Å². The molecule has 1 aromatic heterocycles. The first-order valence-electron chi connectivity index (χ1n) is 11.2. The molecule has 0 aliphatic heterocycles. The number of nitro benzene ring substituents is 1. The smallest absolute Gasteiger partial charge is 0.345 e. The van der Waals surface area contributed by atoms with Gasteiger partial charge in [-0.05, 0) is 42.7 Å². The number of carbonyl (C=O) groups excluding carboxylic acids is 1. The van der Waals surface area contributed by atoms with E-state index in [0.717, 1.165) is 30.0 Å². The summed E-state index contributed by atoms with van der Waals surface area (Å²) >= 11 is 0. The van der Waals surface area contributed by atoms with Crippen LogP contribution >= 0.6 is 0 Å². The fraction of sp³-hybridized carbons (Fsp3) is 0.320. The van der Waals surface area contributed by atoms with E-state index in [2.05, 4.69) is 16.9 Å². The molecule has 0 saturated carbocycles. The highest BCUT2D eigenvalue weighted by Gasteiger charge is 2.22. The minimum Gasteiger partial charge on any atom is -0.490 e. The maximum Gasteiger partial charge on any atom is 0.345 e. The minimum atomic E-state index is -0.810. The Hall–Kier alpha value is -4.01.